The molecule has 0 fully saturated rings. The Morgan fingerprint density at radius 2 is 1.71 bits per heavy atom. The van der Waals surface area contributed by atoms with Crippen LogP contribution in [-0.2, 0) is 15.0 Å². The standard InChI is InChI=1S/C15H26F3NO3Si2/c1-14(2,13(21-23-3)22-24-4)7-8-20-10-5-6-12(19)11(9-10)15(16,17)18/h5-6,9,13H,7-8,19,23-24H2,1-4H3. The van der Waals surface area contributed by atoms with Gasteiger partial charge in [-0.25, -0.2) is 0 Å². The summed E-state index contributed by atoms with van der Waals surface area (Å²) in [5.41, 5.74) is 3.92. The number of nitrogen functional groups attached to an aromatic ring is 1. The van der Waals surface area contributed by atoms with Crippen LogP contribution in [0.1, 0.15) is 25.8 Å². The van der Waals surface area contributed by atoms with Crippen LogP contribution in [0.4, 0.5) is 18.9 Å². The van der Waals surface area contributed by atoms with Crippen molar-refractivity contribution >= 4 is 25.2 Å². The zero-order valence-electron chi connectivity index (χ0n) is 14.6. The quantitative estimate of drug-likeness (QED) is 0.406. The number of anilines is 1. The van der Waals surface area contributed by atoms with E-state index in [1.807, 2.05) is 26.9 Å². The fraction of sp³-hybridized carbons (Fsp3) is 0.600. The molecule has 1 aromatic rings. The van der Waals surface area contributed by atoms with E-state index >= 15 is 0 Å². The third kappa shape index (κ3) is 6.12. The predicted molar refractivity (Wildman–Crippen MR) is 94.5 cm³/mol. The molecule has 24 heavy (non-hydrogen) atoms. The molecule has 0 saturated heterocycles. The van der Waals surface area contributed by atoms with Gasteiger partial charge in [-0.3, -0.25) is 0 Å². The summed E-state index contributed by atoms with van der Waals surface area (Å²) in [6, 6.07) is 3.59. The lowest BCUT2D eigenvalue weighted by Gasteiger charge is -2.34. The van der Waals surface area contributed by atoms with Gasteiger partial charge in [0.05, 0.1) is 12.2 Å². The molecule has 138 valence electrons. The molecule has 0 aliphatic heterocycles. The maximum Gasteiger partial charge on any atom is 0.418 e. The molecule has 9 heteroatoms. The van der Waals surface area contributed by atoms with Crippen molar-refractivity contribution in [2.45, 2.75) is 45.8 Å². The Kier molecular flexibility index (Phi) is 7.78. The molecule has 0 saturated carbocycles. The average molecular weight is 382 g/mol. The number of alkyl halides is 3. The molecule has 0 bridgehead atoms. The lowest BCUT2D eigenvalue weighted by Crippen LogP contribution is -2.37. The Morgan fingerprint density at radius 3 is 2.21 bits per heavy atom. The highest BCUT2D eigenvalue weighted by Crippen LogP contribution is 2.36. The molecule has 0 aromatic heterocycles. The van der Waals surface area contributed by atoms with E-state index in [1.54, 1.807) is 0 Å². The maximum absolute atomic E-state index is 12.9. The van der Waals surface area contributed by atoms with Crippen LogP contribution in [0.2, 0.25) is 13.1 Å². The maximum atomic E-state index is 12.9. The highest BCUT2D eigenvalue weighted by atomic mass is 28.2. The van der Waals surface area contributed by atoms with Gasteiger partial charge in [0.15, 0.2) is 19.5 Å². The molecule has 1 rings (SSSR count). The highest BCUT2D eigenvalue weighted by Gasteiger charge is 2.33. The molecule has 0 aliphatic carbocycles. The van der Waals surface area contributed by atoms with Crippen LogP contribution >= 0.6 is 0 Å². The number of halogens is 3. The summed E-state index contributed by atoms with van der Waals surface area (Å²) in [7, 11) is -1.23. The number of hydrogen-bond acceptors (Lipinski definition) is 4. The van der Waals surface area contributed by atoms with Crippen LogP contribution in [0.5, 0.6) is 5.75 Å². The smallest absolute Gasteiger partial charge is 0.418 e. The van der Waals surface area contributed by atoms with Crippen molar-refractivity contribution in [2.24, 2.45) is 5.41 Å². The fourth-order valence-corrected chi connectivity index (χ4v) is 4.12. The first-order valence-electron chi connectivity index (χ1n) is 7.94. The van der Waals surface area contributed by atoms with Gasteiger partial charge in [0, 0.05) is 11.1 Å². The van der Waals surface area contributed by atoms with Gasteiger partial charge in [0.1, 0.15) is 12.0 Å². The second kappa shape index (κ2) is 8.88. The van der Waals surface area contributed by atoms with E-state index < -0.39 is 31.3 Å². The van der Waals surface area contributed by atoms with E-state index in [1.165, 1.54) is 12.1 Å². The molecule has 4 nitrogen and oxygen atoms in total. The van der Waals surface area contributed by atoms with Gasteiger partial charge in [0.2, 0.25) is 0 Å². The SMILES string of the molecule is C[SiH2]OC(O[SiH2]C)C(C)(C)CCOc1ccc(N)c(C(F)(F)F)c1. The van der Waals surface area contributed by atoms with Crippen molar-refractivity contribution in [1.29, 1.82) is 0 Å². The number of nitrogens with two attached hydrogens (primary N) is 1. The largest absolute Gasteiger partial charge is 0.494 e. The molecule has 0 spiro atoms. The molecule has 0 aliphatic rings. The van der Waals surface area contributed by atoms with Gasteiger partial charge in [-0.05, 0) is 24.6 Å². The Balaban J connectivity index is 2.69. The van der Waals surface area contributed by atoms with Crippen LogP contribution in [-0.4, -0.2) is 32.4 Å². The summed E-state index contributed by atoms with van der Waals surface area (Å²) in [6.45, 7) is 8.37. The van der Waals surface area contributed by atoms with Crippen molar-refractivity contribution in [3.8, 4) is 5.75 Å². The van der Waals surface area contributed by atoms with E-state index in [9.17, 15) is 13.2 Å². The Bertz CT molecular complexity index is 521. The van der Waals surface area contributed by atoms with Crippen LogP contribution < -0.4 is 10.5 Å². The first-order chi connectivity index (χ1) is 11.1. The zero-order chi connectivity index (χ0) is 18.4. The molecule has 0 amide bonds. The van der Waals surface area contributed by atoms with Crippen molar-refractivity contribution in [3.05, 3.63) is 23.8 Å². The van der Waals surface area contributed by atoms with Crippen molar-refractivity contribution in [2.75, 3.05) is 12.3 Å². The average Bonchev–Trinajstić information content (AvgIpc) is 2.47. The minimum atomic E-state index is -4.49. The first kappa shape index (κ1) is 21.0. The van der Waals surface area contributed by atoms with E-state index in [0.29, 0.717) is 6.42 Å². The van der Waals surface area contributed by atoms with Gasteiger partial charge in [0.25, 0.3) is 0 Å². The minimum absolute atomic E-state index is 0.153. The summed E-state index contributed by atoms with van der Waals surface area (Å²) >= 11 is 0. The topological polar surface area (TPSA) is 53.7 Å². The van der Waals surface area contributed by atoms with E-state index in [4.69, 9.17) is 19.3 Å². The molecule has 0 unspecified atom stereocenters. The minimum Gasteiger partial charge on any atom is -0.494 e. The van der Waals surface area contributed by atoms with Crippen molar-refractivity contribution in [1.82, 2.24) is 0 Å². The molecular weight excluding hydrogens is 355 g/mol. The van der Waals surface area contributed by atoms with E-state index in [-0.39, 0.29) is 29.7 Å². The number of hydrogen-bond donors (Lipinski definition) is 1. The summed E-state index contributed by atoms with van der Waals surface area (Å²) in [6.07, 6.45) is -4.16. The summed E-state index contributed by atoms with van der Waals surface area (Å²) in [5, 5.41) is 0. The normalized spacial score (nSPS) is 14.8. The van der Waals surface area contributed by atoms with Crippen molar-refractivity contribution < 1.29 is 26.8 Å². The lowest BCUT2D eigenvalue weighted by atomic mass is 9.89. The van der Waals surface area contributed by atoms with Crippen LogP contribution in [0, 0.1) is 5.41 Å². The number of benzene rings is 1. The Morgan fingerprint density at radius 1 is 1.12 bits per heavy atom. The molecule has 1 aromatic carbocycles. The summed E-state index contributed by atoms with van der Waals surface area (Å²) in [5.74, 6) is 0.153. The Labute approximate surface area is 145 Å². The predicted octanol–water partition coefficient (Wildman–Crippen LogP) is 2.71. The molecule has 0 heterocycles. The van der Waals surface area contributed by atoms with Gasteiger partial charge in [-0.1, -0.05) is 26.9 Å². The van der Waals surface area contributed by atoms with Gasteiger partial charge in [-0.15, -0.1) is 0 Å². The second-order valence-corrected chi connectivity index (χ2v) is 7.90. The number of ether oxygens (including phenoxy) is 1. The number of rotatable bonds is 9. The fourth-order valence-electron chi connectivity index (χ4n) is 2.22. The highest BCUT2D eigenvalue weighted by molar-refractivity contribution is 6.26. The van der Waals surface area contributed by atoms with Gasteiger partial charge < -0.3 is 19.3 Å². The van der Waals surface area contributed by atoms with Crippen LogP contribution in [0.25, 0.3) is 0 Å². The van der Waals surface area contributed by atoms with E-state index in [0.717, 1.165) is 6.07 Å². The lowest BCUT2D eigenvalue weighted by molar-refractivity contribution is -0.137. The summed E-state index contributed by atoms with van der Waals surface area (Å²) in [4.78, 5) is 0. The van der Waals surface area contributed by atoms with Gasteiger partial charge in [-0.2, -0.15) is 13.2 Å². The monoisotopic (exact) mass is 381 g/mol. The molecule has 2 N–H and O–H groups in total. The van der Waals surface area contributed by atoms with Gasteiger partial charge >= 0.3 is 6.18 Å². The van der Waals surface area contributed by atoms with Crippen LogP contribution in [0.3, 0.4) is 0 Å². The van der Waals surface area contributed by atoms with Crippen molar-refractivity contribution in [3.63, 3.8) is 0 Å². The molecular formula is C15H26F3NO3Si2. The third-order valence-electron chi connectivity index (χ3n) is 3.62. The molecule has 0 atom stereocenters. The summed E-state index contributed by atoms with van der Waals surface area (Å²) < 4.78 is 55.6. The Hall–Kier alpha value is -1.04. The third-order valence-corrected chi connectivity index (χ3v) is 4.89. The second-order valence-electron chi connectivity index (χ2n) is 6.08. The van der Waals surface area contributed by atoms with Crippen LogP contribution in [0.15, 0.2) is 18.2 Å². The zero-order valence-corrected chi connectivity index (χ0v) is 17.4. The first-order valence-corrected chi connectivity index (χ1v) is 11.9. The molecule has 0 radical (unpaired) electrons. The van der Waals surface area contributed by atoms with E-state index in [2.05, 4.69) is 0 Å².